The predicted octanol–water partition coefficient (Wildman–Crippen LogP) is 0.234. The van der Waals surface area contributed by atoms with Gasteiger partial charge in [-0.25, -0.2) is 13.1 Å². The molecule has 1 fully saturated rings. The van der Waals surface area contributed by atoms with E-state index in [1.165, 1.54) is 12.5 Å². The Balaban J connectivity index is 2.16. The van der Waals surface area contributed by atoms with E-state index in [0.29, 0.717) is 12.6 Å². The molecule has 0 aromatic heterocycles. The minimum Gasteiger partial charge on any atom is -0.314 e. The SMILES string of the molecule is C=CCS(=O)(=O)NCC[C@H]1CCCN1. The van der Waals surface area contributed by atoms with Crippen LogP contribution >= 0.6 is 0 Å². The third-order valence-electron chi connectivity index (χ3n) is 2.31. The molecule has 4 nitrogen and oxygen atoms in total. The molecule has 14 heavy (non-hydrogen) atoms. The van der Waals surface area contributed by atoms with Gasteiger partial charge in [-0.15, -0.1) is 6.58 Å². The van der Waals surface area contributed by atoms with Gasteiger partial charge in [-0.05, 0) is 25.8 Å². The molecule has 0 bridgehead atoms. The second kappa shape index (κ2) is 5.48. The van der Waals surface area contributed by atoms with E-state index in [9.17, 15) is 8.42 Å². The van der Waals surface area contributed by atoms with Gasteiger partial charge in [-0.2, -0.15) is 0 Å². The molecule has 1 rings (SSSR count). The molecule has 0 spiro atoms. The summed E-state index contributed by atoms with van der Waals surface area (Å²) in [4.78, 5) is 0. The second-order valence-electron chi connectivity index (χ2n) is 3.55. The first-order chi connectivity index (χ1) is 6.64. The summed E-state index contributed by atoms with van der Waals surface area (Å²) >= 11 is 0. The van der Waals surface area contributed by atoms with Gasteiger partial charge in [-0.1, -0.05) is 6.08 Å². The van der Waals surface area contributed by atoms with E-state index >= 15 is 0 Å². The molecule has 1 aliphatic heterocycles. The Bertz CT molecular complexity index is 269. The summed E-state index contributed by atoms with van der Waals surface area (Å²) in [5.74, 6) is 0.00505. The van der Waals surface area contributed by atoms with Crippen LogP contribution in [0.1, 0.15) is 19.3 Å². The van der Waals surface area contributed by atoms with E-state index in [2.05, 4.69) is 16.6 Å². The van der Waals surface area contributed by atoms with E-state index in [1.807, 2.05) is 0 Å². The molecule has 5 heteroatoms. The molecule has 1 saturated heterocycles. The highest BCUT2D eigenvalue weighted by molar-refractivity contribution is 7.89. The number of hydrogen-bond acceptors (Lipinski definition) is 3. The first-order valence-electron chi connectivity index (χ1n) is 4.95. The first-order valence-corrected chi connectivity index (χ1v) is 6.61. The zero-order valence-electron chi connectivity index (χ0n) is 8.33. The van der Waals surface area contributed by atoms with Crippen molar-refractivity contribution in [1.82, 2.24) is 10.0 Å². The van der Waals surface area contributed by atoms with Crippen LogP contribution < -0.4 is 10.0 Å². The minimum atomic E-state index is -3.12. The number of hydrogen-bond donors (Lipinski definition) is 2. The van der Waals surface area contributed by atoms with Crippen molar-refractivity contribution in [3.63, 3.8) is 0 Å². The standard InChI is InChI=1S/C9H18N2O2S/c1-2-8-14(12,13)11-7-5-9-4-3-6-10-9/h2,9-11H,1,3-8H2/t9-/m1/s1. The fourth-order valence-corrected chi connectivity index (χ4v) is 2.46. The van der Waals surface area contributed by atoms with Gasteiger partial charge >= 0.3 is 0 Å². The van der Waals surface area contributed by atoms with Crippen LogP contribution in [0.3, 0.4) is 0 Å². The molecule has 0 aromatic rings. The lowest BCUT2D eigenvalue weighted by molar-refractivity contribution is 0.540. The first kappa shape index (κ1) is 11.7. The van der Waals surface area contributed by atoms with Crippen molar-refractivity contribution in [2.24, 2.45) is 0 Å². The molecule has 0 amide bonds. The average Bonchev–Trinajstić information content (AvgIpc) is 2.56. The average molecular weight is 218 g/mol. The Kier molecular flexibility index (Phi) is 4.57. The third-order valence-corrected chi connectivity index (χ3v) is 3.63. The minimum absolute atomic E-state index is 0.00505. The summed E-state index contributed by atoms with van der Waals surface area (Å²) in [6.07, 6.45) is 4.62. The van der Waals surface area contributed by atoms with Crippen LogP contribution in [0.5, 0.6) is 0 Å². The van der Waals surface area contributed by atoms with E-state index in [-0.39, 0.29) is 5.75 Å². The van der Waals surface area contributed by atoms with Gasteiger partial charge in [0, 0.05) is 12.6 Å². The Hall–Kier alpha value is -0.390. The lowest BCUT2D eigenvalue weighted by atomic mass is 10.2. The van der Waals surface area contributed by atoms with Crippen LogP contribution in [0.2, 0.25) is 0 Å². The van der Waals surface area contributed by atoms with Gasteiger partial charge in [0.05, 0.1) is 5.75 Å². The lowest BCUT2D eigenvalue weighted by Gasteiger charge is -2.10. The summed E-state index contributed by atoms with van der Waals surface area (Å²) in [6.45, 7) is 4.98. The molecule has 0 aromatic carbocycles. The molecule has 1 heterocycles. The van der Waals surface area contributed by atoms with Crippen LogP contribution in [0.25, 0.3) is 0 Å². The summed E-state index contributed by atoms with van der Waals surface area (Å²) < 4.78 is 25.0. The Morgan fingerprint density at radius 1 is 1.57 bits per heavy atom. The maximum absolute atomic E-state index is 11.2. The highest BCUT2D eigenvalue weighted by Gasteiger charge is 2.14. The third kappa shape index (κ3) is 4.21. The molecule has 1 atom stereocenters. The molecule has 0 aliphatic carbocycles. The van der Waals surface area contributed by atoms with Gasteiger partial charge in [0.2, 0.25) is 10.0 Å². The van der Waals surface area contributed by atoms with Crippen LogP contribution in [0.15, 0.2) is 12.7 Å². The Labute approximate surface area is 85.8 Å². The lowest BCUT2D eigenvalue weighted by Crippen LogP contribution is -2.31. The molecular weight excluding hydrogens is 200 g/mol. The van der Waals surface area contributed by atoms with Crippen molar-refractivity contribution in [1.29, 1.82) is 0 Å². The largest absolute Gasteiger partial charge is 0.314 e. The van der Waals surface area contributed by atoms with Crippen molar-refractivity contribution in [2.45, 2.75) is 25.3 Å². The summed E-state index contributed by atoms with van der Waals surface area (Å²) in [6, 6.07) is 0.487. The molecule has 0 radical (unpaired) electrons. The van der Waals surface area contributed by atoms with Gasteiger partial charge < -0.3 is 5.32 Å². The second-order valence-corrected chi connectivity index (χ2v) is 5.40. The monoisotopic (exact) mass is 218 g/mol. The van der Waals surface area contributed by atoms with E-state index in [4.69, 9.17) is 0 Å². The predicted molar refractivity (Wildman–Crippen MR) is 57.6 cm³/mol. The molecule has 2 N–H and O–H groups in total. The van der Waals surface area contributed by atoms with Crippen LogP contribution in [0, 0.1) is 0 Å². The highest BCUT2D eigenvalue weighted by Crippen LogP contribution is 2.07. The number of sulfonamides is 1. The topological polar surface area (TPSA) is 58.2 Å². The fraction of sp³-hybridized carbons (Fsp3) is 0.778. The van der Waals surface area contributed by atoms with Crippen LogP contribution in [0.4, 0.5) is 0 Å². The van der Waals surface area contributed by atoms with Gasteiger partial charge in [0.15, 0.2) is 0 Å². The van der Waals surface area contributed by atoms with Gasteiger partial charge in [-0.3, -0.25) is 0 Å². The quantitative estimate of drug-likeness (QED) is 0.628. The van der Waals surface area contributed by atoms with Crippen LogP contribution in [-0.2, 0) is 10.0 Å². The zero-order chi connectivity index (χ0) is 10.4. The van der Waals surface area contributed by atoms with Gasteiger partial charge in [0.25, 0.3) is 0 Å². The normalized spacial score (nSPS) is 22.4. The van der Waals surface area contributed by atoms with Crippen molar-refractivity contribution in [3.05, 3.63) is 12.7 Å². The van der Waals surface area contributed by atoms with Crippen LogP contribution in [-0.4, -0.2) is 33.3 Å². The Morgan fingerprint density at radius 2 is 2.36 bits per heavy atom. The van der Waals surface area contributed by atoms with Crippen molar-refractivity contribution in [2.75, 3.05) is 18.8 Å². The molecule has 82 valence electrons. The Morgan fingerprint density at radius 3 is 2.93 bits per heavy atom. The van der Waals surface area contributed by atoms with E-state index < -0.39 is 10.0 Å². The molecule has 1 aliphatic rings. The summed E-state index contributed by atoms with van der Waals surface area (Å²) in [5, 5.41) is 3.32. The summed E-state index contributed by atoms with van der Waals surface area (Å²) in [7, 11) is -3.12. The van der Waals surface area contributed by atoms with Crippen molar-refractivity contribution >= 4 is 10.0 Å². The maximum atomic E-state index is 11.2. The van der Waals surface area contributed by atoms with E-state index in [1.54, 1.807) is 0 Å². The number of rotatable bonds is 6. The summed E-state index contributed by atoms with van der Waals surface area (Å²) in [5.41, 5.74) is 0. The van der Waals surface area contributed by atoms with Gasteiger partial charge in [0.1, 0.15) is 0 Å². The number of nitrogens with one attached hydrogen (secondary N) is 2. The van der Waals surface area contributed by atoms with E-state index in [0.717, 1.165) is 19.4 Å². The molecule has 0 saturated carbocycles. The van der Waals surface area contributed by atoms with Crippen molar-refractivity contribution in [3.8, 4) is 0 Å². The maximum Gasteiger partial charge on any atom is 0.215 e. The molecular formula is C9H18N2O2S. The zero-order valence-corrected chi connectivity index (χ0v) is 9.15. The fourth-order valence-electron chi connectivity index (χ4n) is 1.61. The molecule has 0 unspecified atom stereocenters. The smallest absolute Gasteiger partial charge is 0.215 e. The van der Waals surface area contributed by atoms with Crippen molar-refractivity contribution < 1.29 is 8.42 Å². The highest BCUT2D eigenvalue weighted by atomic mass is 32.2.